The van der Waals surface area contributed by atoms with E-state index in [0.29, 0.717) is 5.41 Å². The van der Waals surface area contributed by atoms with Crippen LogP contribution in [0.4, 0.5) is 0 Å². The van der Waals surface area contributed by atoms with Crippen LogP contribution in [-0.4, -0.2) is 13.1 Å². The van der Waals surface area contributed by atoms with E-state index in [0.717, 1.165) is 24.3 Å². The van der Waals surface area contributed by atoms with E-state index in [1.54, 1.807) is 11.1 Å². The van der Waals surface area contributed by atoms with E-state index in [4.69, 9.17) is 4.74 Å². The van der Waals surface area contributed by atoms with Crippen LogP contribution in [0.2, 0.25) is 0 Å². The molecule has 0 bridgehead atoms. The van der Waals surface area contributed by atoms with Crippen LogP contribution in [0.5, 0.6) is 0 Å². The molecular formula is C21H26CoO2-. The summed E-state index contributed by atoms with van der Waals surface area (Å²) in [6, 6.07) is 0. The van der Waals surface area contributed by atoms with Crippen LogP contribution in [0.25, 0.3) is 0 Å². The van der Waals surface area contributed by atoms with E-state index in [9.17, 15) is 4.79 Å². The van der Waals surface area contributed by atoms with Gasteiger partial charge in [0.15, 0.2) is 0 Å². The first-order valence-electron chi connectivity index (χ1n) is 8.46. The predicted octanol–water partition coefficient (Wildman–Crippen LogP) is 4.90. The third-order valence-electron chi connectivity index (χ3n) is 6.00. The zero-order valence-electron chi connectivity index (χ0n) is 14.6. The van der Waals surface area contributed by atoms with Gasteiger partial charge in [0.1, 0.15) is 0 Å². The molecule has 2 nitrogen and oxygen atoms in total. The van der Waals surface area contributed by atoms with E-state index in [-0.39, 0.29) is 30.2 Å². The molecule has 3 saturated carbocycles. The van der Waals surface area contributed by atoms with Crippen molar-refractivity contribution in [3.8, 4) is 0 Å². The molecule has 2 radical (unpaired) electrons. The average Bonchev–Trinajstić information content (AvgIpc) is 3.07. The number of carbonyl (C=O) groups is 1. The summed E-state index contributed by atoms with van der Waals surface area (Å²) in [6.45, 7) is 0. The van der Waals surface area contributed by atoms with Crippen molar-refractivity contribution in [1.29, 1.82) is 0 Å². The van der Waals surface area contributed by atoms with Gasteiger partial charge in [-0.3, -0.25) is 0 Å². The largest absolute Gasteiger partial charge is 0.466 e. The van der Waals surface area contributed by atoms with Crippen molar-refractivity contribution >= 4 is 5.97 Å². The first-order valence-corrected chi connectivity index (χ1v) is 8.46. The van der Waals surface area contributed by atoms with E-state index >= 15 is 0 Å². The molecule has 0 amide bonds. The van der Waals surface area contributed by atoms with E-state index in [1.165, 1.54) is 44.8 Å². The van der Waals surface area contributed by atoms with Gasteiger partial charge >= 0.3 is 5.97 Å². The van der Waals surface area contributed by atoms with Gasteiger partial charge in [-0.1, -0.05) is 29.9 Å². The van der Waals surface area contributed by atoms with Crippen molar-refractivity contribution in [3.05, 3.63) is 60.4 Å². The molecule has 5 aliphatic rings. The number of carbonyl (C=O) groups excluding carboxylic acids is 1. The zero-order chi connectivity index (χ0) is 15.2. The number of ether oxygens (including phenoxy) is 1. The second-order valence-corrected chi connectivity index (χ2v) is 6.99. The number of esters is 1. The molecule has 5 rings (SSSR count). The Morgan fingerprint density at radius 3 is 2.42 bits per heavy atom. The minimum absolute atomic E-state index is 0. The Morgan fingerprint density at radius 1 is 1.12 bits per heavy atom. The monoisotopic (exact) mass is 369 g/mol. The van der Waals surface area contributed by atoms with Crippen LogP contribution in [0, 0.1) is 25.2 Å². The summed E-state index contributed by atoms with van der Waals surface area (Å²) in [5.41, 5.74) is 6.12. The second-order valence-electron chi connectivity index (χ2n) is 6.99. The Bertz CT molecular complexity index is 628. The van der Waals surface area contributed by atoms with Crippen LogP contribution in [0.3, 0.4) is 0 Å². The van der Waals surface area contributed by atoms with Crippen LogP contribution in [0.1, 0.15) is 44.9 Å². The van der Waals surface area contributed by atoms with Crippen LogP contribution in [-0.2, 0) is 26.3 Å². The summed E-state index contributed by atoms with van der Waals surface area (Å²) >= 11 is 0. The Balaban J connectivity index is 0.000000260. The Morgan fingerprint density at radius 2 is 1.83 bits per heavy atom. The smallest absolute Gasteiger partial charge is 0.334 e. The van der Waals surface area contributed by atoms with Crippen molar-refractivity contribution in [3.63, 3.8) is 0 Å². The summed E-state index contributed by atoms with van der Waals surface area (Å²) in [4.78, 5) is 12.0. The van der Waals surface area contributed by atoms with Gasteiger partial charge in [-0.2, -0.15) is 0 Å². The van der Waals surface area contributed by atoms with Crippen molar-refractivity contribution in [2.45, 2.75) is 44.9 Å². The number of allylic oxidation sites excluding steroid dienone is 7. The van der Waals surface area contributed by atoms with E-state index < -0.39 is 0 Å². The molecule has 0 aromatic heterocycles. The predicted molar refractivity (Wildman–Crippen MR) is 93.3 cm³/mol. The number of rotatable bonds is 1. The van der Waals surface area contributed by atoms with Gasteiger partial charge in [0, 0.05) is 28.8 Å². The molecule has 2 unspecified atom stereocenters. The van der Waals surface area contributed by atoms with Crippen molar-refractivity contribution < 1.29 is 26.3 Å². The summed E-state index contributed by atoms with van der Waals surface area (Å²) in [6.07, 6.45) is 18.5. The first-order chi connectivity index (χ1) is 10.8. The SMILES string of the molecule is COC(=O)C1=C2CCCC2=C2CCC3CC23C1.[CH3-].[CH]1C=CC=C1.[Co]. The van der Waals surface area contributed by atoms with Crippen LogP contribution >= 0.6 is 0 Å². The third-order valence-corrected chi connectivity index (χ3v) is 6.00. The average molecular weight is 369 g/mol. The van der Waals surface area contributed by atoms with Crippen molar-refractivity contribution in [2.75, 3.05) is 7.11 Å². The summed E-state index contributed by atoms with van der Waals surface area (Å²) in [5, 5.41) is 0. The second kappa shape index (κ2) is 7.45. The number of hydrogen-bond acceptors (Lipinski definition) is 2. The molecule has 5 aliphatic carbocycles. The molecule has 0 aromatic rings. The standard InChI is InChI=1S/C15H18O2.C5H5.CH3.Co/c1-17-14(16)12-8-15-7-9(15)5-6-13(15)11-4-2-3-10(11)12;1-2-4-5-3-1;;/h9H,2-8H2,1H3;1-5H;1H3;/q;;-1;. The van der Waals surface area contributed by atoms with E-state index in [1.807, 2.05) is 30.7 Å². The molecule has 1 spiro atoms. The molecule has 0 N–H and O–H groups in total. The van der Waals surface area contributed by atoms with Crippen molar-refractivity contribution in [1.82, 2.24) is 0 Å². The van der Waals surface area contributed by atoms with Gasteiger partial charge < -0.3 is 12.2 Å². The molecule has 0 saturated heterocycles. The van der Waals surface area contributed by atoms with Gasteiger partial charge in [0.2, 0.25) is 0 Å². The zero-order valence-corrected chi connectivity index (χ0v) is 15.6. The van der Waals surface area contributed by atoms with Crippen LogP contribution in [0.15, 0.2) is 46.6 Å². The normalized spacial score (nSPS) is 30.5. The fraction of sp³-hybridized carbons (Fsp3) is 0.476. The topological polar surface area (TPSA) is 26.3 Å². The number of hydrogen-bond donors (Lipinski definition) is 0. The molecule has 0 aromatic carbocycles. The van der Waals surface area contributed by atoms with Crippen LogP contribution < -0.4 is 0 Å². The van der Waals surface area contributed by atoms with Crippen molar-refractivity contribution in [2.24, 2.45) is 11.3 Å². The minimum Gasteiger partial charge on any atom is -0.466 e. The quantitative estimate of drug-likeness (QED) is 0.485. The molecule has 132 valence electrons. The third kappa shape index (κ3) is 2.97. The molecule has 2 atom stereocenters. The Hall–Kier alpha value is -1.06. The maximum Gasteiger partial charge on any atom is 0.334 e. The fourth-order valence-corrected chi connectivity index (χ4v) is 4.94. The molecule has 3 heteroatoms. The van der Waals surface area contributed by atoms with Gasteiger partial charge in [-0.25, -0.2) is 4.79 Å². The molecule has 24 heavy (non-hydrogen) atoms. The van der Waals surface area contributed by atoms with Gasteiger partial charge in [0.05, 0.1) is 7.11 Å². The Labute approximate surface area is 156 Å². The fourth-order valence-electron chi connectivity index (χ4n) is 4.94. The van der Waals surface area contributed by atoms with Gasteiger partial charge in [-0.15, -0.1) is 0 Å². The molecule has 3 fully saturated rings. The molecule has 0 aliphatic heterocycles. The summed E-state index contributed by atoms with van der Waals surface area (Å²) in [5.74, 6) is 0.817. The first kappa shape index (κ1) is 19.3. The Kier molecular flexibility index (Phi) is 5.98. The summed E-state index contributed by atoms with van der Waals surface area (Å²) in [7, 11) is 1.51. The number of methoxy groups -OCH3 is 1. The molecule has 0 heterocycles. The van der Waals surface area contributed by atoms with Gasteiger partial charge in [0.25, 0.3) is 0 Å². The van der Waals surface area contributed by atoms with Gasteiger partial charge in [-0.05, 0) is 67.4 Å². The maximum atomic E-state index is 12.0. The van der Waals surface area contributed by atoms with E-state index in [2.05, 4.69) is 0 Å². The minimum atomic E-state index is -0.0645. The maximum absolute atomic E-state index is 12.0. The molecular weight excluding hydrogens is 343 g/mol. The summed E-state index contributed by atoms with van der Waals surface area (Å²) < 4.78 is 4.99. The number of fused-ring (bicyclic) bond motifs is 1.